The zero-order valence-corrected chi connectivity index (χ0v) is 21.4. The number of hydrogen-bond acceptors (Lipinski definition) is 13. The standard InChI is InChI=1S/C20H12N8O11S2/c29-27(30)15-7-11(1-5-19(15)40(33,34)35)25-9-13(21-23-25)17-3-4-18(39-17)14-10-26(24-22-14)12-2-6-20(41(36,37)38)16(8-12)28(31)32/h1-10H,(H,33,34,35)(H,36,37,38). The van der Waals surface area contributed by atoms with E-state index in [1.54, 1.807) is 0 Å². The van der Waals surface area contributed by atoms with Crippen molar-refractivity contribution in [3.63, 3.8) is 0 Å². The van der Waals surface area contributed by atoms with Gasteiger partial charge in [-0.2, -0.15) is 16.8 Å². The van der Waals surface area contributed by atoms with E-state index in [0.29, 0.717) is 0 Å². The molecule has 0 bridgehead atoms. The predicted molar refractivity (Wildman–Crippen MR) is 132 cm³/mol. The van der Waals surface area contributed by atoms with Crippen molar-refractivity contribution in [1.82, 2.24) is 30.0 Å². The molecule has 0 aliphatic carbocycles. The molecule has 0 spiro atoms. The van der Waals surface area contributed by atoms with E-state index in [1.807, 2.05) is 0 Å². The van der Waals surface area contributed by atoms with E-state index in [2.05, 4.69) is 20.6 Å². The van der Waals surface area contributed by atoms with Gasteiger partial charge in [-0.3, -0.25) is 29.3 Å². The lowest BCUT2D eigenvalue weighted by Gasteiger charge is -2.03. The van der Waals surface area contributed by atoms with Crippen molar-refractivity contribution < 1.29 is 40.2 Å². The molecule has 3 aromatic heterocycles. The van der Waals surface area contributed by atoms with E-state index in [0.717, 1.165) is 33.6 Å². The second-order valence-electron chi connectivity index (χ2n) is 8.03. The van der Waals surface area contributed by atoms with Gasteiger partial charge in [0.15, 0.2) is 21.3 Å². The third-order valence-electron chi connectivity index (χ3n) is 5.46. The molecule has 21 heteroatoms. The molecule has 0 fully saturated rings. The van der Waals surface area contributed by atoms with Gasteiger partial charge in [-0.05, 0) is 36.4 Å². The monoisotopic (exact) mass is 604 g/mol. The van der Waals surface area contributed by atoms with E-state index in [1.165, 1.54) is 36.7 Å². The van der Waals surface area contributed by atoms with Crippen molar-refractivity contribution in [2.24, 2.45) is 0 Å². The first-order valence-corrected chi connectivity index (χ1v) is 13.6. The van der Waals surface area contributed by atoms with Crippen LogP contribution in [-0.4, -0.2) is 65.8 Å². The number of benzene rings is 2. The maximum atomic E-state index is 11.4. The van der Waals surface area contributed by atoms with Gasteiger partial charge in [0.2, 0.25) is 0 Å². The van der Waals surface area contributed by atoms with Gasteiger partial charge in [-0.1, -0.05) is 10.4 Å². The van der Waals surface area contributed by atoms with Crippen LogP contribution in [0.25, 0.3) is 34.3 Å². The topological polar surface area (TPSA) is 270 Å². The summed E-state index contributed by atoms with van der Waals surface area (Å²) in [6.45, 7) is 0. The summed E-state index contributed by atoms with van der Waals surface area (Å²) >= 11 is 0. The van der Waals surface area contributed by atoms with Crippen LogP contribution in [0, 0.1) is 20.2 Å². The smallest absolute Gasteiger partial charge is 0.301 e. The first-order chi connectivity index (χ1) is 19.2. The number of nitro benzene ring substituents is 2. The lowest BCUT2D eigenvalue weighted by Crippen LogP contribution is -2.05. The summed E-state index contributed by atoms with van der Waals surface area (Å²) in [4.78, 5) is 18.9. The Bertz CT molecular complexity index is 1930. The van der Waals surface area contributed by atoms with E-state index in [9.17, 15) is 46.2 Å². The Morgan fingerprint density at radius 2 is 1.07 bits per heavy atom. The van der Waals surface area contributed by atoms with Crippen molar-refractivity contribution in [2.75, 3.05) is 0 Å². The summed E-state index contributed by atoms with van der Waals surface area (Å²) in [6, 6.07) is 8.82. The molecule has 2 aromatic carbocycles. The Morgan fingerprint density at radius 3 is 1.41 bits per heavy atom. The molecule has 41 heavy (non-hydrogen) atoms. The molecule has 0 aliphatic rings. The van der Waals surface area contributed by atoms with E-state index < -0.39 is 51.2 Å². The second kappa shape index (κ2) is 9.67. The number of rotatable bonds is 8. The quantitative estimate of drug-likeness (QED) is 0.146. The highest BCUT2D eigenvalue weighted by molar-refractivity contribution is 7.86. The molecule has 19 nitrogen and oxygen atoms in total. The van der Waals surface area contributed by atoms with Gasteiger partial charge < -0.3 is 4.42 Å². The molecule has 0 saturated heterocycles. The minimum Gasteiger partial charge on any atom is -0.453 e. The van der Waals surface area contributed by atoms with Crippen molar-refractivity contribution in [3.8, 4) is 34.3 Å². The average Bonchev–Trinajstić information content (AvgIpc) is 3.67. The molecule has 0 amide bonds. The van der Waals surface area contributed by atoms with Gasteiger partial charge in [0.25, 0.3) is 11.4 Å². The molecule has 0 unspecified atom stereocenters. The van der Waals surface area contributed by atoms with Crippen LogP contribution in [0.15, 0.2) is 75.1 Å². The van der Waals surface area contributed by atoms with E-state index in [4.69, 9.17) is 4.42 Å². The number of nitrogens with zero attached hydrogens (tertiary/aromatic N) is 8. The third kappa shape index (κ3) is 5.27. The summed E-state index contributed by atoms with van der Waals surface area (Å²) in [7, 11) is -9.70. The predicted octanol–water partition coefficient (Wildman–Crippen LogP) is 2.08. The van der Waals surface area contributed by atoms with Crippen LogP contribution < -0.4 is 0 Å². The molecule has 0 aliphatic heterocycles. The van der Waals surface area contributed by atoms with Crippen LogP contribution in [0.4, 0.5) is 11.4 Å². The Morgan fingerprint density at radius 1 is 0.683 bits per heavy atom. The maximum Gasteiger partial charge on any atom is 0.301 e. The van der Waals surface area contributed by atoms with E-state index >= 15 is 0 Å². The number of aromatic nitrogens is 6. The Hall–Kier alpha value is -5.38. The van der Waals surface area contributed by atoms with Gasteiger partial charge in [0, 0.05) is 12.1 Å². The molecular formula is C20H12N8O11S2. The fraction of sp³-hybridized carbons (Fsp3) is 0. The summed E-state index contributed by atoms with van der Waals surface area (Å²) in [6.07, 6.45) is 2.67. The first kappa shape index (κ1) is 27.2. The Labute approximate surface area is 227 Å². The van der Waals surface area contributed by atoms with Crippen molar-refractivity contribution in [1.29, 1.82) is 0 Å². The zero-order chi connectivity index (χ0) is 29.7. The van der Waals surface area contributed by atoms with Crippen LogP contribution >= 0.6 is 0 Å². The average molecular weight is 604 g/mol. The zero-order valence-electron chi connectivity index (χ0n) is 19.7. The molecule has 0 radical (unpaired) electrons. The maximum absolute atomic E-state index is 11.4. The lowest BCUT2D eigenvalue weighted by atomic mass is 10.3. The molecule has 5 rings (SSSR count). The summed E-state index contributed by atoms with van der Waals surface area (Å²) < 4.78 is 72.1. The summed E-state index contributed by atoms with van der Waals surface area (Å²) in [5, 5.41) is 38.2. The van der Waals surface area contributed by atoms with Crippen LogP contribution in [-0.2, 0) is 20.2 Å². The molecule has 0 saturated carbocycles. The van der Waals surface area contributed by atoms with Crippen molar-refractivity contribution in [2.45, 2.75) is 9.79 Å². The highest BCUT2D eigenvalue weighted by Gasteiger charge is 2.26. The SMILES string of the molecule is O=[N+]([O-])c1cc(-n2cc(-c3ccc(-c4cn(-c5ccc(S(=O)(=O)O)c([N+](=O)[O-])c5)nn4)o3)nn2)ccc1S(=O)(=O)O. The van der Waals surface area contributed by atoms with Crippen LogP contribution in [0.5, 0.6) is 0 Å². The van der Waals surface area contributed by atoms with Gasteiger partial charge in [-0.25, -0.2) is 9.36 Å². The van der Waals surface area contributed by atoms with Crippen LogP contribution in [0.3, 0.4) is 0 Å². The van der Waals surface area contributed by atoms with Gasteiger partial charge in [0.05, 0.1) is 33.6 Å². The largest absolute Gasteiger partial charge is 0.453 e. The van der Waals surface area contributed by atoms with Gasteiger partial charge in [-0.15, -0.1) is 10.2 Å². The fourth-order valence-corrected chi connectivity index (χ4v) is 4.91. The normalized spacial score (nSPS) is 12.0. The second-order valence-corrected chi connectivity index (χ2v) is 10.8. The summed E-state index contributed by atoms with van der Waals surface area (Å²) in [5.74, 6) is 0.357. The fourth-order valence-electron chi connectivity index (χ4n) is 3.64. The Balaban J connectivity index is 1.42. The van der Waals surface area contributed by atoms with Gasteiger partial charge >= 0.3 is 20.2 Å². The molecule has 210 valence electrons. The number of hydrogen-bond donors (Lipinski definition) is 2. The highest BCUT2D eigenvalue weighted by Crippen LogP contribution is 2.30. The van der Waals surface area contributed by atoms with Gasteiger partial charge in [0.1, 0.15) is 11.4 Å². The minimum absolute atomic E-state index is 0.0617. The number of furan rings is 1. The van der Waals surface area contributed by atoms with Crippen LogP contribution in [0.1, 0.15) is 0 Å². The van der Waals surface area contributed by atoms with E-state index in [-0.39, 0.29) is 34.3 Å². The third-order valence-corrected chi connectivity index (χ3v) is 7.26. The molecule has 2 N–H and O–H groups in total. The molecular weight excluding hydrogens is 592 g/mol. The molecule has 3 heterocycles. The Kier molecular flexibility index (Phi) is 6.41. The highest BCUT2D eigenvalue weighted by atomic mass is 32.2. The van der Waals surface area contributed by atoms with Crippen molar-refractivity contribution in [3.05, 3.63) is 81.2 Å². The van der Waals surface area contributed by atoms with Crippen LogP contribution in [0.2, 0.25) is 0 Å². The van der Waals surface area contributed by atoms with Crippen molar-refractivity contribution >= 4 is 31.6 Å². The molecule has 0 atom stereocenters. The lowest BCUT2D eigenvalue weighted by molar-refractivity contribution is -0.388. The summed E-state index contributed by atoms with van der Waals surface area (Å²) in [5.41, 5.74) is -1.28. The number of nitro groups is 2. The molecule has 5 aromatic rings. The minimum atomic E-state index is -4.85. The first-order valence-electron chi connectivity index (χ1n) is 10.7.